The lowest BCUT2D eigenvalue weighted by atomic mass is 10.0. The van der Waals surface area contributed by atoms with Gasteiger partial charge in [0.1, 0.15) is 0 Å². The Morgan fingerprint density at radius 2 is 1.61 bits per heavy atom. The lowest BCUT2D eigenvalue weighted by Crippen LogP contribution is -2.18. The molecule has 0 saturated carbocycles. The van der Waals surface area contributed by atoms with Gasteiger partial charge in [0.25, 0.3) is 5.91 Å². The molecule has 5 aromatic rings. The van der Waals surface area contributed by atoms with Crippen molar-refractivity contribution in [2.75, 3.05) is 0 Å². The van der Waals surface area contributed by atoms with E-state index in [1.54, 1.807) is 6.21 Å². The lowest BCUT2D eigenvalue weighted by molar-refractivity contribution is 0.0956. The van der Waals surface area contributed by atoms with Crippen LogP contribution in [0.15, 0.2) is 90.0 Å². The van der Waals surface area contributed by atoms with Gasteiger partial charge in [-0.1, -0.05) is 54.6 Å². The minimum absolute atomic E-state index is 0.273. The van der Waals surface area contributed by atoms with Crippen molar-refractivity contribution in [1.82, 2.24) is 15.0 Å². The number of hydrazone groups is 1. The van der Waals surface area contributed by atoms with Gasteiger partial charge in [-0.3, -0.25) is 4.79 Å². The standard InChI is InChI=1S/C31H28N4O/c1-20-14-15-26(16-21(20)2)35-22(3)17-25(23(35)4)19-32-34-31(36)28-18-30(24-10-6-5-7-11-24)33-29-13-9-8-12-27(28)29/h5-19H,1-4H3,(H,34,36)/b32-19+. The first kappa shape index (κ1) is 23.2. The zero-order chi connectivity index (χ0) is 25.2. The molecule has 3 aromatic carbocycles. The zero-order valence-corrected chi connectivity index (χ0v) is 20.9. The second-order valence-electron chi connectivity index (χ2n) is 9.07. The van der Waals surface area contributed by atoms with Crippen molar-refractivity contribution in [3.63, 3.8) is 0 Å². The third-order valence-electron chi connectivity index (χ3n) is 6.62. The van der Waals surface area contributed by atoms with Gasteiger partial charge in [0.15, 0.2) is 0 Å². The summed E-state index contributed by atoms with van der Waals surface area (Å²) in [6, 6.07) is 27.9. The van der Waals surface area contributed by atoms with E-state index in [1.807, 2.05) is 60.7 Å². The van der Waals surface area contributed by atoms with Crippen molar-refractivity contribution in [3.05, 3.63) is 119 Å². The van der Waals surface area contributed by atoms with Crippen molar-refractivity contribution in [1.29, 1.82) is 0 Å². The first-order chi connectivity index (χ1) is 17.4. The summed E-state index contributed by atoms with van der Waals surface area (Å²) in [7, 11) is 0. The molecule has 2 aromatic heterocycles. The second kappa shape index (κ2) is 9.62. The van der Waals surface area contributed by atoms with Crippen molar-refractivity contribution in [2.45, 2.75) is 27.7 Å². The molecule has 1 amide bonds. The first-order valence-electron chi connectivity index (χ1n) is 12.0. The normalized spacial score (nSPS) is 11.3. The van der Waals surface area contributed by atoms with E-state index in [9.17, 15) is 4.79 Å². The third-order valence-corrected chi connectivity index (χ3v) is 6.62. The molecule has 0 aliphatic heterocycles. The highest BCUT2D eigenvalue weighted by Crippen LogP contribution is 2.25. The number of nitrogens with zero attached hydrogens (tertiary/aromatic N) is 3. The van der Waals surface area contributed by atoms with Gasteiger partial charge in [-0.05, 0) is 69.2 Å². The number of aromatic nitrogens is 2. The van der Waals surface area contributed by atoms with Gasteiger partial charge in [0.2, 0.25) is 0 Å². The van der Waals surface area contributed by atoms with Gasteiger partial charge in [0, 0.05) is 33.6 Å². The molecule has 0 bridgehead atoms. The molecule has 0 spiro atoms. The molecule has 36 heavy (non-hydrogen) atoms. The number of aryl methyl sites for hydroxylation is 3. The molecule has 0 aliphatic rings. The molecule has 0 aliphatic carbocycles. The van der Waals surface area contributed by atoms with Gasteiger partial charge in [-0.2, -0.15) is 5.10 Å². The molecule has 5 nitrogen and oxygen atoms in total. The van der Waals surface area contributed by atoms with E-state index >= 15 is 0 Å². The Morgan fingerprint density at radius 1 is 0.861 bits per heavy atom. The first-order valence-corrected chi connectivity index (χ1v) is 12.0. The van der Waals surface area contributed by atoms with E-state index in [-0.39, 0.29) is 5.91 Å². The quantitative estimate of drug-likeness (QED) is 0.229. The SMILES string of the molecule is Cc1ccc(-n2c(C)cc(/C=N/NC(=O)c3cc(-c4ccccc4)nc4ccccc34)c2C)cc1C. The van der Waals surface area contributed by atoms with Crippen LogP contribution in [0.1, 0.15) is 38.4 Å². The number of fused-ring (bicyclic) bond motifs is 1. The maximum Gasteiger partial charge on any atom is 0.272 e. The van der Waals surface area contributed by atoms with Crippen LogP contribution in [0.5, 0.6) is 0 Å². The number of nitrogens with one attached hydrogen (secondary N) is 1. The summed E-state index contributed by atoms with van der Waals surface area (Å²) in [6.07, 6.45) is 1.71. The number of para-hydroxylation sites is 1. The number of hydrogen-bond donors (Lipinski definition) is 1. The number of rotatable bonds is 5. The summed E-state index contributed by atoms with van der Waals surface area (Å²) in [5.41, 5.74) is 12.5. The fraction of sp³-hybridized carbons (Fsp3) is 0.129. The zero-order valence-electron chi connectivity index (χ0n) is 20.9. The summed E-state index contributed by atoms with van der Waals surface area (Å²) in [5.74, 6) is -0.273. The Bertz CT molecular complexity index is 1610. The number of benzene rings is 3. The molecule has 0 atom stereocenters. The van der Waals surface area contributed by atoms with Crippen molar-refractivity contribution >= 4 is 23.0 Å². The fourth-order valence-electron chi connectivity index (χ4n) is 4.52. The van der Waals surface area contributed by atoms with Crippen LogP contribution in [0, 0.1) is 27.7 Å². The highest BCUT2D eigenvalue weighted by atomic mass is 16.2. The smallest absolute Gasteiger partial charge is 0.272 e. The summed E-state index contributed by atoms with van der Waals surface area (Å²) < 4.78 is 2.21. The summed E-state index contributed by atoms with van der Waals surface area (Å²) in [6.45, 7) is 8.38. The van der Waals surface area contributed by atoms with Crippen LogP contribution in [0.3, 0.4) is 0 Å². The van der Waals surface area contributed by atoms with E-state index in [4.69, 9.17) is 4.98 Å². The largest absolute Gasteiger partial charge is 0.318 e. The number of carbonyl (C=O) groups excluding carboxylic acids is 1. The van der Waals surface area contributed by atoms with E-state index in [0.29, 0.717) is 5.56 Å². The van der Waals surface area contributed by atoms with Crippen molar-refractivity contribution < 1.29 is 4.79 Å². The highest BCUT2D eigenvalue weighted by molar-refractivity contribution is 6.07. The molecule has 0 saturated heterocycles. The van der Waals surface area contributed by atoms with Crippen LogP contribution in [-0.2, 0) is 0 Å². The Morgan fingerprint density at radius 3 is 2.39 bits per heavy atom. The third kappa shape index (κ3) is 4.43. The van der Waals surface area contributed by atoms with Crippen LogP contribution >= 0.6 is 0 Å². The predicted octanol–water partition coefficient (Wildman–Crippen LogP) is 6.69. The Balaban J connectivity index is 1.43. The minimum atomic E-state index is -0.273. The van der Waals surface area contributed by atoms with E-state index < -0.39 is 0 Å². The molecule has 0 radical (unpaired) electrons. The Kier molecular flexibility index (Phi) is 6.21. The number of carbonyl (C=O) groups is 1. The fourth-order valence-corrected chi connectivity index (χ4v) is 4.52. The second-order valence-corrected chi connectivity index (χ2v) is 9.07. The molecule has 0 unspecified atom stereocenters. The number of pyridine rings is 1. The molecular formula is C31H28N4O. The van der Waals surface area contributed by atoms with Gasteiger partial charge in [-0.15, -0.1) is 0 Å². The monoisotopic (exact) mass is 472 g/mol. The Hall–Kier alpha value is -4.51. The van der Waals surface area contributed by atoms with Gasteiger partial charge < -0.3 is 4.57 Å². The van der Waals surface area contributed by atoms with E-state index in [0.717, 1.165) is 44.8 Å². The van der Waals surface area contributed by atoms with E-state index in [1.165, 1.54) is 11.1 Å². The van der Waals surface area contributed by atoms with Crippen LogP contribution in [0.4, 0.5) is 0 Å². The average molecular weight is 473 g/mol. The Labute approximate surface area is 211 Å². The minimum Gasteiger partial charge on any atom is -0.318 e. The molecule has 2 heterocycles. The van der Waals surface area contributed by atoms with Gasteiger partial charge >= 0.3 is 0 Å². The van der Waals surface area contributed by atoms with Gasteiger partial charge in [-0.25, -0.2) is 10.4 Å². The predicted molar refractivity (Wildman–Crippen MR) is 147 cm³/mol. The summed E-state index contributed by atoms with van der Waals surface area (Å²) in [5, 5.41) is 5.10. The maximum absolute atomic E-state index is 13.2. The average Bonchev–Trinajstić information content (AvgIpc) is 3.18. The van der Waals surface area contributed by atoms with Crippen LogP contribution in [0.25, 0.3) is 27.8 Å². The molecular weight excluding hydrogens is 444 g/mol. The summed E-state index contributed by atoms with van der Waals surface area (Å²) >= 11 is 0. The number of amides is 1. The highest BCUT2D eigenvalue weighted by Gasteiger charge is 2.14. The van der Waals surface area contributed by atoms with Crippen LogP contribution < -0.4 is 5.43 Å². The topological polar surface area (TPSA) is 59.3 Å². The molecule has 1 N–H and O–H groups in total. The van der Waals surface area contributed by atoms with Crippen molar-refractivity contribution in [3.8, 4) is 16.9 Å². The molecule has 178 valence electrons. The van der Waals surface area contributed by atoms with Gasteiger partial charge in [0.05, 0.1) is 23.0 Å². The maximum atomic E-state index is 13.2. The molecule has 0 fully saturated rings. The van der Waals surface area contributed by atoms with Crippen molar-refractivity contribution in [2.24, 2.45) is 5.10 Å². The van der Waals surface area contributed by atoms with Crippen LogP contribution in [-0.4, -0.2) is 21.7 Å². The van der Waals surface area contributed by atoms with E-state index in [2.05, 4.69) is 67.1 Å². The number of hydrogen-bond acceptors (Lipinski definition) is 3. The lowest BCUT2D eigenvalue weighted by Gasteiger charge is -2.11. The summed E-state index contributed by atoms with van der Waals surface area (Å²) in [4.78, 5) is 18.0. The molecule has 5 heteroatoms. The molecule has 5 rings (SSSR count). The van der Waals surface area contributed by atoms with Crippen LogP contribution in [0.2, 0.25) is 0 Å².